The zero-order valence-electron chi connectivity index (χ0n) is 16.0. The molecule has 0 heterocycles. The van der Waals surface area contributed by atoms with Crippen molar-refractivity contribution in [2.24, 2.45) is 17.8 Å². The van der Waals surface area contributed by atoms with Crippen molar-refractivity contribution in [1.82, 2.24) is 5.32 Å². The summed E-state index contributed by atoms with van der Waals surface area (Å²) in [5, 5.41) is 11.1. The van der Waals surface area contributed by atoms with Gasteiger partial charge in [-0.15, -0.1) is 11.8 Å². The van der Waals surface area contributed by atoms with E-state index < -0.39 is 18.1 Å². The van der Waals surface area contributed by atoms with Crippen LogP contribution >= 0.6 is 11.8 Å². The van der Waals surface area contributed by atoms with E-state index in [0.717, 1.165) is 25.0 Å². The Labute approximate surface area is 159 Å². The minimum atomic E-state index is -2.80. The SMILES string of the molecule is CCCSC1(C(C)CC)C(NCC(=O)OCC)=C(C(=N)C(F)F)C2CC21. The normalized spacial score (nSPS) is 28.1. The molecule has 4 atom stereocenters. The summed E-state index contributed by atoms with van der Waals surface area (Å²) in [6, 6.07) is 0. The minimum absolute atomic E-state index is 0.0135. The van der Waals surface area contributed by atoms with Crippen LogP contribution in [0.5, 0.6) is 0 Å². The summed E-state index contributed by atoms with van der Waals surface area (Å²) in [6.45, 7) is 8.34. The summed E-state index contributed by atoms with van der Waals surface area (Å²) in [7, 11) is 0. The molecule has 1 saturated carbocycles. The van der Waals surface area contributed by atoms with Gasteiger partial charge in [-0.25, -0.2) is 8.78 Å². The summed E-state index contributed by atoms with van der Waals surface area (Å²) < 4.78 is 31.4. The Hall–Kier alpha value is -1.11. The van der Waals surface area contributed by atoms with Crippen molar-refractivity contribution >= 4 is 23.4 Å². The highest BCUT2D eigenvalue weighted by molar-refractivity contribution is 8.00. The van der Waals surface area contributed by atoms with Crippen molar-refractivity contribution in [1.29, 1.82) is 5.41 Å². The van der Waals surface area contributed by atoms with Crippen molar-refractivity contribution in [3.8, 4) is 0 Å². The van der Waals surface area contributed by atoms with Crippen LogP contribution < -0.4 is 5.32 Å². The molecule has 26 heavy (non-hydrogen) atoms. The van der Waals surface area contributed by atoms with Gasteiger partial charge in [0.1, 0.15) is 12.3 Å². The molecule has 2 N–H and O–H groups in total. The van der Waals surface area contributed by atoms with Gasteiger partial charge >= 0.3 is 5.97 Å². The second kappa shape index (κ2) is 8.72. The fourth-order valence-corrected chi connectivity index (χ4v) is 5.93. The Kier molecular flexibility index (Phi) is 7.11. The van der Waals surface area contributed by atoms with Gasteiger partial charge in [-0.3, -0.25) is 10.2 Å². The number of carbonyl (C=O) groups is 1. The first-order valence-electron chi connectivity index (χ1n) is 9.49. The number of allylic oxidation sites excluding steroid dienone is 1. The molecule has 2 aliphatic carbocycles. The summed E-state index contributed by atoms with van der Waals surface area (Å²) in [5.74, 6) is 1.07. The second-order valence-corrected chi connectivity index (χ2v) is 8.43. The fraction of sp³-hybridized carbons (Fsp3) is 0.789. The molecule has 0 saturated heterocycles. The van der Waals surface area contributed by atoms with Gasteiger partial charge < -0.3 is 10.1 Å². The molecule has 2 rings (SSSR count). The lowest BCUT2D eigenvalue weighted by molar-refractivity contribution is -0.141. The Morgan fingerprint density at radius 3 is 2.65 bits per heavy atom. The molecule has 0 spiro atoms. The maximum atomic E-state index is 13.4. The molecule has 4 nitrogen and oxygen atoms in total. The van der Waals surface area contributed by atoms with Crippen molar-refractivity contribution in [2.75, 3.05) is 18.9 Å². The van der Waals surface area contributed by atoms with E-state index in [1.165, 1.54) is 0 Å². The van der Waals surface area contributed by atoms with E-state index in [4.69, 9.17) is 10.1 Å². The van der Waals surface area contributed by atoms with Crippen LogP contribution in [0.25, 0.3) is 0 Å². The average Bonchev–Trinajstić information content (AvgIpc) is 3.35. The topological polar surface area (TPSA) is 62.2 Å². The molecular formula is C19H30F2N2O2S. The van der Waals surface area contributed by atoms with E-state index in [-0.39, 0.29) is 35.7 Å². The first-order chi connectivity index (χ1) is 12.3. The Balaban J connectivity index is 2.43. The average molecular weight is 389 g/mol. The number of nitrogens with one attached hydrogen (secondary N) is 2. The number of esters is 1. The molecule has 1 fully saturated rings. The van der Waals surface area contributed by atoms with Crippen LogP contribution in [0.2, 0.25) is 0 Å². The number of ether oxygens (including phenoxy) is 1. The van der Waals surface area contributed by atoms with E-state index in [1.807, 2.05) is 0 Å². The molecule has 2 aliphatic rings. The number of carbonyl (C=O) groups excluding carboxylic acids is 1. The lowest BCUT2D eigenvalue weighted by atomic mass is 9.84. The van der Waals surface area contributed by atoms with E-state index in [1.54, 1.807) is 18.7 Å². The Morgan fingerprint density at radius 2 is 2.12 bits per heavy atom. The molecule has 0 aliphatic heterocycles. The molecule has 0 aromatic carbocycles. The van der Waals surface area contributed by atoms with Gasteiger partial charge in [0.05, 0.1) is 11.4 Å². The van der Waals surface area contributed by atoms with Crippen LogP contribution in [0.4, 0.5) is 8.78 Å². The monoisotopic (exact) mass is 388 g/mol. The molecule has 0 aromatic rings. The van der Waals surface area contributed by atoms with Crippen LogP contribution in [0.1, 0.15) is 47.0 Å². The lowest BCUT2D eigenvalue weighted by Gasteiger charge is -2.40. The Bertz CT molecular complexity index is 582. The van der Waals surface area contributed by atoms with Gasteiger partial charge in [0.15, 0.2) is 0 Å². The van der Waals surface area contributed by atoms with Gasteiger partial charge in [-0.2, -0.15) is 0 Å². The van der Waals surface area contributed by atoms with E-state index in [0.29, 0.717) is 11.3 Å². The van der Waals surface area contributed by atoms with E-state index in [9.17, 15) is 13.6 Å². The third-order valence-corrected chi connectivity index (χ3v) is 7.48. The minimum Gasteiger partial charge on any atom is -0.465 e. The lowest BCUT2D eigenvalue weighted by Crippen LogP contribution is -2.44. The number of fused-ring (bicyclic) bond motifs is 1. The molecule has 4 unspecified atom stereocenters. The van der Waals surface area contributed by atoms with Crippen LogP contribution in [0.3, 0.4) is 0 Å². The highest BCUT2D eigenvalue weighted by Crippen LogP contribution is 2.67. The predicted molar refractivity (Wildman–Crippen MR) is 102 cm³/mol. The van der Waals surface area contributed by atoms with Crippen molar-refractivity contribution in [3.63, 3.8) is 0 Å². The number of hydrogen-bond acceptors (Lipinski definition) is 5. The first kappa shape index (κ1) is 21.2. The highest BCUT2D eigenvalue weighted by atomic mass is 32.2. The summed E-state index contributed by atoms with van der Waals surface area (Å²) in [5.41, 5.74) is 0.536. The largest absolute Gasteiger partial charge is 0.465 e. The third kappa shape index (κ3) is 3.78. The zero-order chi connectivity index (χ0) is 19.5. The smallest absolute Gasteiger partial charge is 0.325 e. The van der Waals surface area contributed by atoms with Crippen molar-refractivity contribution in [3.05, 3.63) is 11.3 Å². The zero-order valence-corrected chi connectivity index (χ0v) is 16.8. The second-order valence-electron chi connectivity index (χ2n) is 7.06. The maximum absolute atomic E-state index is 13.4. The van der Waals surface area contributed by atoms with Gasteiger partial charge in [0.25, 0.3) is 6.43 Å². The number of alkyl halides is 2. The molecule has 148 valence electrons. The van der Waals surface area contributed by atoms with Crippen LogP contribution in [-0.2, 0) is 9.53 Å². The van der Waals surface area contributed by atoms with Gasteiger partial charge in [-0.1, -0.05) is 27.2 Å². The Morgan fingerprint density at radius 1 is 1.42 bits per heavy atom. The summed E-state index contributed by atoms with van der Waals surface area (Å²) >= 11 is 1.81. The number of thioether (sulfide) groups is 1. The fourth-order valence-electron chi connectivity index (χ4n) is 4.13. The van der Waals surface area contributed by atoms with Crippen molar-refractivity contribution < 1.29 is 18.3 Å². The van der Waals surface area contributed by atoms with Gasteiger partial charge in [0, 0.05) is 11.3 Å². The number of halogens is 2. The van der Waals surface area contributed by atoms with E-state index in [2.05, 4.69) is 26.1 Å². The van der Waals surface area contributed by atoms with Crippen molar-refractivity contribution in [2.45, 2.75) is 58.1 Å². The van der Waals surface area contributed by atoms with Crippen LogP contribution in [0.15, 0.2) is 11.3 Å². The van der Waals surface area contributed by atoms with E-state index >= 15 is 0 Å². The summed E-state index contributed by atoms with van der Waals surface area (Å²) in [4.78, 5) is 11.9. The predicted octanol–water partition coefficient (Wildman–Crippen LogP) is 4.26. The molecule has 0 amide bonds. The first-order valence-corrected chi connectivity index (χ1v) is 10.5. The van der Waals surface area contributed by atoms with Crippen LogP contribution in [0, 0.1) is 23.2 Å². The maximum Gasteiger partial charge on any atom is 0.325 e. The van der Waals surface area contributed by atoms with Gasteiger partial charge in [0.2, 0.25) is 0 Å². The van der Waals surface area contributed by atoms with Crippen LogP contribution in [-0.4, -0.2) is 41.8 Å². The molecule has 0 aromatic heterocycles. The molecular weight excluding hydrogens is 358 g/mol. The molecule has 0 radical (unpaired) electrons. The highest BCUT2D eigenvalue weighted by Gasteiger charge is 2.65. The quantitative estimate of drug-likeness (QED) is 0.410. The number of rotatable bonds is 11. The molecule has 0 bridgehead atoms. The molecule has 7 heteroatoms. The van der Waals surface area contributed by atoms with Gasteiger partial charge in [-0.05, 0) is 43.3 Å². The number of hydrogen-bond donors (Lipinski definition) is 2. The summed E-state index contributed by atoms with van der Waals surface area (Å²) in [6.07, 6.45) is -0.0299. The standard InChI is InChI=1S/C19H30F2N2O2S/c1-5-8-26-19(11(4)6-2)13-9-12(13)15(16(22)18(20)21)17(19)23-10-14(24)25-7-3/h11-13,18,22-23H,5-10H2,1-4H3. The third-order valence-electron chi connectivity index (χ3n) is 5.48.